The van der Waals surface area contributed by atoms with Crippen LogP contribution in [-0.2, 0) is 23.7 Å². The molecule has 6 atom stereocenters. The van der Waals surface area contributed by atoms with Crippen molar-refractivity contribution in [2.24, 2.45) is 0 Å². The fourth-order valence-electron chi connectivity index (χ4n) is 7.22. The van der Waals surface area contributed by atoms with Crippen LogP contribution in [0.3, 0.4) is 0 Å². The molecule has 9 heteroatoms. The highest BCUT2D eigenvalue weighted by Crippen LogP contribution is 2.22. The fourth-order valence-corrected chi connectivity index (χ4v) is 7.22. The first-order valence-electron chi connectivity index (χ1n) is 24.1. The molecular formula is C49H90O9. The third-order valence-electron chi connectivity index (χ3n) is 11.0. The zero-order chi connectivity index (χ0) is 42.2. The van der Waals surface area contributed by atoms with Gasteiger partial charge in [-0.1, -0.05) is 166 Å². The van der Waals surface area contributed by atoms with Gasteiger partial charge in [-0.2, -0.15) is 0 Å². The molecule has 0 aliphatic carbocycles. The lowest BCUT2D eigenvalue weighted by Gasteiger charge is -2.39. The Labute approximate surface area is 355 Å². The van der Waals surface area contributed by atoms with Gasteiger partial charge in [0, 0.05) is 13.0 Å². The Morgan fingerprint density at radius 1 is 0.552 bits per heavy atom. The van der Waals surface area contributed by atoms with E-state index >= 15 is 0 Å². The molecule has 58 heavy (non-hydrogen) atoms. The number of hydrogen-bond donors (Lipinski definition) is 4. The first-order chi connectivity index (χ1) is 28.4. The molecule has 0 saturated carbocycles. The molecule has 0 bridgehead atoms. The largest absolute Gasteiger partial charge is 0.457 e. The van der Waals surface area contributed by atoms with E-state index in [1.807, 2.05) is 0 Å². The molecule has 4 N–H and O–H groups in total. The second kappa shape index (κ2) is 40.8. The van der Waals surface area contributed by atoms with E-state index in [2.05, 4.69) is 50.3 Å². The van der Waals surface area contributed by atoms with Gasteiger partial charge < -0.3 is 39.4 Å². The highest BCUT2D eigenvalue weighted by molar-refractivity contribution is 5.69. The minimum Gasteiger partial charge on any atom is -0.457 e. The summed E-state index contributed by atoms with van der Waals surface area (Å²) in [6.07, 6.45) is 41.7. The Hall–Kier alpha value is -1.59. The molecule has 1 saturated heterocycles. The number of hydrogen-bond acceptors (Lipinski definition) is 9. The average Bonchev–Trinajstić information content (AvgIpc) is 3.22. The van der Waals surface area contributed by atoms with E-state index < -0.39 is 43.4 Å². The summed E-state index contributed by atoms with van der Waals surface area (Å²) >= 11 is 0. The minimum absolute atomic E-state index is 0.119. The van der Waals surface area contributed by atoms with Crippen molar-refractivity contribution in [2.75, 3.05) is 26.4 Å². The quantitative estimate of drug-likeness (QED) is 0.0270. The van der Waals surface area contributed by atoms with E-state index in [9.17, 15) is 25.2 Å². The zero-order valence-electron chi connectivity index (χ0n) is 37.3. The van der Waals surface area contributed by atoms with Crippen LogP contribution in [-0.4, -0.2) is 89.6 Å². The maximum atomic E-state index is 12.8. The number of allylic oxidation sites excluding steroid dienone is 6. The van der Waals surface area contributed by atoms with Gasteiger partial charge in [0.1, 0.15) is 30.5 Å². The van der Waals surface area contributed by atoms with Gasteiger partial charge in [-0.05, 0) is 70.6 Å². The topological polar surface area (TPSA) is 135 Å². The van der Waals surface area contributed by atoms with Crippen LogP contribution in [0.15, 0.2) is 36.5 Å². The van der Waals surface area contributed by atoms with Gasteiger partial charge in [0.25, 0.3) is 0 Å². The van der Waals surface area contributed by atoms with Crippen LogP contribution in [0.2, 0.25) is 0 Å². The van der Waals surface area contributed by atoms with Gasteiger partial charge in [-0.15, -0.1) is 0 Å². The lowest BCUT2D eigenvalue weighted by Crippen LogP contribution is -2.59. The molecular weight excluding hydrogens is 733 g/mol. The molecule has 1 fully saturated rings. The molecule has 0 spiro atoms. The van der Waals surface area contributed by atoms with Crippen molar-refractivity contribution in [1.82, 2.24) is 0 Å². The molecule has 0 radical (unpaired) electrons. The number of rotatable bonds is 41. The summed E-state index contributed by atoms with van der Waals surface area (Å²) in [6.45, 7) is 4.52. The lowest BCUT2D eigenvalue weighted by molar-refractivity contribution is -0.305. The second-order valence-electron chi connectivity index (χ2n) is 16.6. The fraction of sp³-hybridized carbons (Fsp3) is 0.857. The summed E-state index contributed by atoms with van der Waals surface area (Å²) in [5.74, 6) is -0.327. The lowest BCUT2D eigenvalue weighted by atomic mass is 9.99. The van der Waals surface area contributed by atoms with Crippen molar-refractivity contribution < 1.29 is 44.2 Å². The molecule has 0 amide bonds. The van der Waals surface area contributed by atoms with Gasteiger partial charge >= 0.3 is 5.97 Å². The second-order valence-corrected chi connectivity index (χ2v) is 16.6. The number of carbonyl (C=O) groups excluding carboxylic acids is 1. The molecule has 1 aliphatic heterocycles. The first-order valence-corrected chi connectivity index (χ1v) is 24.1. The van der Waals surface area contributed by atoms with E-state index in [0.29, 0.717) is 13.0 Å². The van der Waals surface area contributed by atoms with Crippen LogP contribution in [0.4, 0.5) is 0 Å². The third-order valence-corrected chi connectivity index (χ3v) is 11.0. The number of carbonyl (C=O) groups is 1. The normalized spacial score (nSPS) is 20.6. The van der Waals surface area contributed by atoms with Crippen LogP contribution in [0.5, 0.6) is 0 Å². The van der Waals surface area contributed by atoms with Crippen molar-refractivity contribution in [1.29, 1.82) is 0 Å². The van der Waals surface area contributed by atoms with Crippen molar-refractivity contribution in [3.8, 4) is 0 Å². The number of ether oxygens (including phenoxy) is 4. The van der Waals surface area contributed by atoms with Crippen LogP contribution < -0.4 is 0 Å². The summed E-state index contributed by atoms with van der Waals surface area (Å²) in [4.78, 5) is 12.8. The Kier molecular flexibility index (Phi) is 38.3. The summed E-state index contributed by atoms with van der Waals surface area (Å²) < 4.78 is 22.8. The summed E-state index contributed by atoms with van der Waals surface area (Å²) in [5, 5.41) is 40.2. The number of unbranched alkanes of at least 4 members (excludes halogenated alkanes) is 24. The number of aliphatic hydroxyl groups excluding tert-OH is 4. The Balaban J connectivity index is 2.23. The van der Waals surface area contributed by atoms with Gasteiger partial charge in [0.2, 0.25) is 0 Å². The number of aliphatic hydroxyl groups is 4. The highest BCUT2D eigenvalue weighted by atomic mass is 16.7. The van der Waals surface area contributed by atoms with Crippen LogP contribution in [0.1, 0.15) is 206 Å². The van der Waals surface area contributed by atoms with Crippen LogP contribution in [0, 0.1) is 0 Å². The minimum atomic E-state index is -1.54. The van der Waals surface area contributed by atoms with Crippen molar-refractivity contribution in [3.63, 3.8) is 0 Å². The standard InChI is InChI=1S/C49H90O9/c1-3-5-7-9-11-13-15-17-19-20-21-22-23-25-27-29-31-33-35-37-39-55-41-43(42-56-49-48(54)47(53)46(52)44(40-50)58-49)57-45(51)38-36-34-32-30-28-26-24-18-16-14-12-10-8-6-4-2/h12,14,17-19,24,43-44,46-50,52-54H,3-11,13,15-16,20-23,25-42H2,1-2H3/b14-12-,19-17-,24-18-. The van der Waals surface area contributed by atoms with Gasteiger partial charge in [0.15, 0.2) is 6.29 Å². The molecule has 9 nitrogen and oxygen atoms in total. The van der Waals surface area contributed by atoms with Crippen LogP contribution in [0.25, 0.3) is 0 Å². The first kappa shape index (κ1) is 54.4. The van der Waals surface area contributed by atoms with Gasteiger partial charge in [0.05, 0.1) is 19.8 Å². The highest BCUT2D eigenvalue weighted by Gasteiger charge is 2.44. The summed E-state index contributed by atoms with van der Waals surface area (Å²) in [6, 6.07) is 0. The molecule has 0 aromatic carbocycles. The molecule has 1 rings (SSSR count). The Bertz CT molecular complexity index is 983. The van der Waals surface area contributed by atoms with E-state index in [4.69, 9.17) is 18.9 Å². The van der Waals surface area contributed by atoms with Gasteiger partial charge in [-0.25, -0.2) is 0 Å². The van der Waals surface area contributed by atoms with Crippen molar-refractivity contribution in [2.45, 2.75) is 243 Å². The molecule has 340 valence electrons. The predicted octanol–water partition coefficient (Wildman–Crippen LogP) is 11.1. The molecule has 1 heterocycles. The smallest absolute Gasteiger partial charge is 0.306 e. The van der Waals surface area contributed by atoms with Crippen molar-refractivity contribution in [3.05, 3.63) is 36.5 Å². The van der Waals surface area contributed by atoms with E-state index in [1.54, 1.807) is 0 Å². The van der Waals surface area contributed by atoms with E-state index in [-0.39, 0.29) is 19.2 Å². The molecule has 0 aromatic rings. The SMILES string of the molecule is CCCCC/C=C\C/C=C\CCCCCCCC(=O)OC(COCCCCCCCCCCCC/C=C\CCCCCCCC)COC1OC(CO)C(O)C(O)C1O. The third kappa shape index (κ3) is 31.3. The zero-order valence-corrected chi connectivity index (χ0v) is 37.3. The summed E-state index contributed by atoms with van der Waals surface area (Å²) in [7, 11) is 0. The maximum absolute atomic E-state index is 12.8. The summed E-state index contributed by atoms with van der Waals surface area (Å²) in [5.41, 5.74) is 0. The molecule has 0 aromatic heterocycles. The van der Waals surface area contributed by atoms with E-state index in [0.717, 1.165) is 57.8 Å². The molecule has 6 unspecified atom stereocenters. The van der Waals surface area contributed by atoms with Crippen molar-refractivity contribution >= 4 is 5.97 Å². The average molecular weight is 823 g/mol. The maximum Gasteiger partial charge on any atom is 0.306 e. The number of esters is 1. The van der Waals surface area contributed by atoms with Gasteiger partial charge in [-0.3, -0.25) is 4.79 Å². The molecule has 1 aliphatic rings. The Morgan fingerprint density at radius 2 is 1.00 bits per heavy atom. The monoisotopic (exact) mass is 823 g/mol. The van der Waals surface area contributed by atoms with Crippen LogP contribution >= 0.6 is 0 Å². The predicted molar refractivity (Wildman–Crippen MR) is 238 cm³/mol. The van der Waals surface area contributed by atoms with E-state index in [1.165, 1.54) is 128 Å². The Morgan fingerprint density at radius 3 is 1.53 bits per heavy atom.